The average Bonchev–Trinajstić information content (AvgIpc) is 2.13. The molecule has 1 aliphatic rings. The number of hydrogen-bond acceptors (Lipinski definition) is 3. The van der Waals surface area contributed by atoms with Crippen LogP contribution in [0.15, 0.2) is 12.7 Å². The second-order valence-electron chi connectivity index (χ2n) is 2.92. The monoisotopic (exact) mass is 200 g/mol. The van der Waals surface area contributed by atoms with Gasteiger partial charge in [-0.2, -0.15) is 0 Å². The molecule has 0 radical (unpaired) electrons. The van der Waals surface area contributed by atoms with Gasteiger partial charge in [0.2, 0.25) is 0 Å². The summed E-state index contributed by atoms with van der Waals surface area (Å²) in [5.74, 6) is -2.39. The van der Waals surface area contributed by atoms with E-state index in [0.29, 0.717) is 4.90 Å². The first-order valence-corrected chi connectivity index (χ1v) is 3.87. The number of amides is 4. The summed E-state index contributed by atoms with van der Waals surface area (Å²) in [5.41, 5.74) is -2.70. The Balaban J connectivity index is 3.06. The number of allylic oxidation sites excluding steroid dienone is 1. The van der Waals surface area contributed by atoms with E-state index in [-0.39, 0.29) is 0 Å². The minimum atomic E-state index is -2.70. The van der Waals surface area contributed by atoms with Gasteiger partial charge in [-0.25, -0.2) is 9.18 Å². The van der Waals surface area contributed by atoms with Gasteiger partial charge < -0.3 is 0 Å². The van der Waals surface area contributed by atoms with Gasteiger partial charge in [0.25, 0.3) is 17.5 Å². The van der Waals surface area contributed by atoms with Crippen molar-refractivity contribution in [3.05, 3.63) is 12.7 Å². The Morgan fingerprint density at radius 1 is 1.57 bits per heavy atom. The number of alkyl halides is 1. The fraction of sp³-hybridized carbons (Fsp3) is 0.375. The van der Waals surface area contributed by atoms with Gasteiger partial charge >= 0.3 is 6.03 Å². The number of halogens is 1. The highest BCUT2D eigenvalue weighted by Gasteiger charge is 2.52. The van der Waals surface area contributed by atoms with E-state index in [0.717, 1.165) is 13.1 Å². The predicted molar refractivity (Wildman–Crippen MR) is 45.0 cm³/mol. The Hall–Kier alpha value is -1.72. The molecule has 0 aliphatic carbocycles. The smallest absolute Gasteiger partial charge is 0.274 e. The van der Waals surface area contributed by atoms with E-state index < -0.39 is 29.9 Å². The van der Waals surface area contributed by atoms with Crippen LogP contribution in [0.1, 0.15) is 6.42 Å². The molecule has 0 aromatic rings. The SMILES string of the molecule is C=CCC1(F)C(=O)NC(=O)N(C)C1=O. The van der Waals surface area contributed by atoms with Crippen molar-refractivity contribution in [2.75, 3.05) is 7.05 Å². The maximum Gasteiger partial charge on any atom is 0.330 e. The summed E-state index contributed by atoms with van der Waals surface area (Å²) in [6.45, 7) is 3.24. The highest BCUT2D eigenvalue weighted by atomic mass is 19.1. The molecule has 1 rings (SSSR count). The predicted octanol–water partition coefficient (Wildman–Crippen LogP) is -0.0210. The van der Waals surface area contributed by atoms with Gasteiger partial charge in [-0.3, -0.25) is 19.8 Å². The minimum absolute atomic E-state index is 0.449. The third kappa shape index (κ3) is 1.28. The van der Waals surface area contributed by atoms with Crippen molar-refractivity contribution in [2.24, 2.45) is 0 Å². The lowest BCUT2D eigenvalue weighted by atomic mass is 9.97. The van der Waals surface area contributed by atoms with E-state index >= 15 is 0 Å². The van der Waals surface area contributed by atoms with Crippen LogP contribution < -0.4 is 5.32 Å². The molecule has 1 atom stereocenters. The molecule has 1 unspecified atom stereocenters. The molecule has 0 aromatic carbocycles. The third-order valence-electron chi connectivity index (χ3n) is 1.95. The van der Waals surface area contributed by atoms with Crippen molar-refractivity contribution < 1.29 is 18.8 Å². The van der Waals surface area contributed by atoms with Gasteiger partial charge in [0, 0.05) is 13.5 Å². The second kappa shape index (κ2) is 3.21. The van der Waals surface area contributed by atoms with E-state index in [1.165, 1.54) is 0 Å². The van der Waals surface area contributed by atoms with E-state index in [4.69, 9.17) is 0 Å². The largest absolute Gasteiger partial charge is 0.330 e. The lowest BCUT2D eigenvalue weighted by Crippen LogP contribution is -2.64. The van der Waals surface area contributed by atoms with E-state index in [9.17, 15) is 18.8 Å². The van der Waals surface area contributed by atoms with Crippen LogP contribution in [0.25, 0.3) is 0 Å². The van der Waals surface area contributed by atoms with Crippen molar-refractivity contribution in [1.82, 2.24) is 10.2 Å². The van der Waals surface area contributed by atoms with E-state index in [2.05, 4.69) is 6.58 Å². The van der Waals surface area contributed by atoms with Crippen LogP contribution in [0.3, 0.4) is 0 Å². The van der Waals surface area contributed by atoms with E-state index in [1.54, 1.807) is 5.32 Å². The first kappa shape index (κ1) is 10.4. The van der Waals surface area contributed by atoms with Crippen LogP contribution in [0, 0.1) is 0 Å². The van der Waals surface area contributed by atoms with Crippen molar-refractivity contribution in [3.8, 4) is 0 Å². The highest BCUT2D eigenvalue weighted by Crippen LogP contribution is 2.23. The Labute approximate surface area is 79.6 Å². The lowest BCUT2D eigenvalue weighted by Gasteiger charge is -2.31. The second-order valence-corrected chi connectivity index (χ2v) is 2.92. The van der Waals surface area contributed by atoms with Gasteiger partial charge in [-0.05, 0) is 0 Å². The molecule has 1 heterocycles. The number of rotatable bonds is 2. The van der Waals surface area contributed by atoms with Crippen LogP contribution >= 0.6 is 0 Å². The minimum Gasteiger partial charge on any atom is -0.274 e. The zero-order chi connectivity index (χ0) is 10.9. The van der Waals surface area contributed by atoms with Crippen LogP contribution in [0.2, 0.25) is 0 Å². The fourth-order valence-electron chi connectivity index (χ4n) is 1.11. The molecule has 1 N–H and O–H groups in total. The third-order valence-corrected chi connectivity index (χ3v) is 1.95. The topological polar surface area (TPSA) is 66.5 Å². The summed E-state index contributed by atoms with van der Waals surface area (Å²) < 4.78 is 13.8. The van der Waals surface area contributed by atoms with Crippen molar-refractivity contribution in [3.63, 3.8) is 0 Å². The quantitative estimate of drug-likeness (QED) is 0.503. The summed E-state index contributed by atoms with van der Waals surface area (Å²) in [5, 5.41) is 1.74. The Kier molecular flexibility index (Phi) is 2.37. The number of carbonyl (C=O) groups is 3. The number of imide groups is 2. The summed E-state index contributed by atoms with van der Waals surface area (Å²) in [7, 11) is 1.10. The lowest BCUT2D eigenvalue weighted by molar-refractivity contribution is -0.152. The highest BCUT2D eigenvalue weighted by molar-refractivity contribution is 6.21. The molecule has 0 spiro atoms. The molecule has 4 amide bonds. The molecule has 0 bridgehead atoms. The van der Waals surface area contributed by atoms with Crippen molar-refractivity contribution in [2.45, 2.75) is 12.1 Å². The van der Waals surface area contributed by atoms with Gasteiger partial charge in [0.1, 0.15) is 0 Å². The van der Waals surface area contributed by atoms with Crippen LogP contribution in [-0.2, 0) is 9.59 Å². The van der Waals surface area contributed by atoms with Crippen LogP contribution in [0.4, 0.5) is 9.18 Å². The molecule has 1 fully saturated rings. The van der Waals surface area contributed by atoms with Crippen molar-refractivity contribution >= 4 is 17.8 Å². The molecule has 14 heavy (non-hydrogen) atoms. The summed E-state index contributed by atoms with van der Waals surface area (Å²) in [6, 6.07) is -0.919. The first-order valence-electron chi connectivity index (χ1n) is 3.87. The summed E-state index contributed by atoms with van der Waals surface area (Å²) in [4.78, 5) is 33.8. The molecule has 76 valence electrons. The maximum absolute atomic E-state index is 13.8. The molecular formula is C8H9FN2O3. The Morgan fingerprint density at radius 3 is 2.64 bits per heavy atom. The molecule has 0 aromatic heterocycles. The zero-order valence-electron chi connectivity index (χ0n) is 7.54. The normalized spacial score (nSPS) is 27.6. The van der Waals surface area contributed by atoms with Gasteiger partial charge in [0.05, 0.1) is 0 Å². The fourth-order valence-corrected chi connectivity index (χ4v) is 1.11. The van der Waals surface area contributed by atoms with Crippen molar-refractivity contribution in [1.29, 1.82) is 0 Å². The molecule has 5 nitrogen and oxygen atoms in total. The maximum atomic E-state index is 13.8. The number of nitrogens with one attached hydrogen (secondary N) is 1. The van der Waals surface area contributed by atoms with Crippen LogP contribution in [-0.4, -0.2) is 35.5 Å². The number of barbiturate groups is 1. The van der Waals surface area contributed by atoms with Gasteiger partial charge in [-0.1, -0.05) is 6.08 Å². The Bertz CT molecular complexity index is 329. The number of carbonyl (C=O) groups excluding carboxylic acids is 3. The standard InChI is InChI=1S/C8H9FN2O3/c1-3-4-8(9)5(12)10-7(14)11(2)6(8)13/h3H,1,4H2,2H3,(H,10,12,14). The first-order chi connectivity index (χ1) is 6.43. The molecule has 1 aliphatic heterocycles. The molecule has 0 saturated carbocycles. The number of nitrogens with zero attached hydrogens (tertiary/aromatic N) is 1. The summed E-state index contributed by atoms with van der Waals surface area (Å²) >= 11 is 0. The average molecular weight is 200 g/mol. The van der Waals surface area contributed by atoms with Crippen LogP contribution in [0.5, 0.6) is 0 Å². The molecule has 6 heteroatoms. The molecular weight excluding hydrogens is 191 g/mol. The number of urea groups is 1. The molecule has 1 saturated heterocycles. The Morgan fingerprint density at radius 2 is 2.14 bits per heavy atom. The van der Waals surface area contributed by atoms with Gasteiger partial charge in [-0.15, -0.1) is 6.58 Å². The zero-order valence-corrected chi connectivity index (χ0v) is 7.54. The summed E-state index contributed by atoms with van der Waals surface area (Å²) in [6.07, 6.45) is 0.663. The number of hydrogen-bond donors (Lipinski definition) is 1. The van der Waals surface area contributed by atoms with E-state index in [1.807, 2.05) is 0 Å². The van der Waals surface area contributed by atoms with Gasteiger partial charge in [0.15, 0.2) is 0 Å².